The molecule has 0 unspecified atom stereocenters. The molecule has 2 heteroatoms. The molecule has 0 aliphatic heterocycles. The van der Waals surface area contributed by atoms with Crippen molar-refractivity contribution < 1.29 is 0 Å². The number of nitrogens with zero attached hydrogens (tertiary/aromatic N) is 1. The fraction of sp³-hybridized carbons (Fsp3) is 0.812. The summed E-state index contributed by atoms with van der Waals surface area (Å²) in [5.74, 6) is 0. The van der Waals surface area contributed by atoms with Gasteiger partial charge in [0.05, 0.1) is 0 Å². The van der Waals surface area contributed by atoms with Gasteiger partial charge >= 0.3 is 0 Å². The topological polar surface area (TPSA) is 24.4 Å². The van der Waals surface area contributed by atoms with Crippen molar-refractivity contribution in [2.45, 2.75) is 84.1 Å². The van der Waals surface area contributed by atoms with Gasteiger partial charge in [0.1, 0.15) is 0 Å². The first-order valence-corrected chi connectivity index (χ1v) is 7.53. The molecule has 0 radical (unpaired) electrons. The summed E-state index contributed by atoms with van der Waals surface area (Å²) >= 11 is 0. The maximum atomic E-state index is 4.12. The van der Waals surface area contributed by atoms with Crippen LogP contribution in [-0.4, -0.2) is 11.8 Å². The summed E-state index contributed by atoms with van der Waals surface area (Å²) in [4.78, 5) is 0. The summed E-state index contributed by atoms with van der Waals surface area (Å²) < 4.78 is 0. The van der Waals surface area contributed by atoms with Gasteiger partial charge < -0.3 is 5.43 Å². The zero-order valence-electron chi connectivity index (χ0n) is 12.7. The van der Waals surface area contributed by atoms with Gasteiger partial charge in [0.2, 0.25) is 0 Å². The van der Waals surface area contributed by atoms with Crippen LogP contribution in [0.1, 0.15) is 78.6 Å². The first-order chi connectivity index (χ1) is 8.62. The second kappa shape index (κ2) is 11.3. The average molecular weight is 252 g/mol. The van der Waals surface area contributed by atoms with Crippen molar-refractivity contribution in [1.82, 2.24) is 5.43 Å². The van der Waals surface area contributed by atoms with Crippen LogP contribution in [0.3, 0.4) is 0 Å². The SMILES string of the molecule is C=CC=NNC(C)(C)CCCCCCCCCC. The molecule has 0 heterocycles. The Balaban J connectivity index is 3.40. The summed E-state index contributed by atoms with van der Waals surface area (Å²) in [6.45, 7) is 10.3. The monoisotopic (exact) mass is 252 g/mol. The molecule has 0 atom stereocenters. The highest BCUT2D eigenvalue weighted by molar-refractivity contribution is 5.69. The van der Waals surface area contributed by atoms with Crippen molar-refractivity contribution in [3.63, 3.8) is 0 Å². The predicted octanol–water partition coefficient (Wildman–Crippen LogP) is 5.06. The number of rotatable bonds is 12. The van der Waals surface area contributed by atoms with E-state index in [-0.39, 0.29) is 5.54 Å². The van der Waals surface area contributed by atoms with Crippen LogP contribution in [0, 0.1) is 0 Å². The van der Waals surface area contributed by atoms with Crippen LogP contribution in [0.5, 0.6) is 0 Å². The number of unbranched alkanes of at least 4 members (excludes halogenated alkanes) is 7. The van der Waals surface area contributed by atoms with Gasteiger partial charge in [0, 0.05) is 11.8 Å². The Morgan fingerprint density at radius 3 is 2.11 bits per heavy atom. The third-order valence-electron chi connectivity index (χ3n) is 3.20. The normalized spacial score (nSPS) is 11.9. The van der Waals surface area contributed by atoms with Gasteiger partial charge in [-0.05, 0) is 26.3 Å². The van der Waals surface area contributed by atoms with Crippen molar-refractivity contribution in [2.75, 3.05) is 0 Å². The van der Waals surface area contributed by atoms with Crippen molar-refractivity contribution in [2.24, 2.45) is 5.10 Å². The summed E-state index contributed by atoms with van der Waals surface area (Å²) in [5, 5.41) is 4.12. The smallest absolute Gasteiger partial charge is 0.0492 e. The summed E-state index contributed by atoms with van der Waals surface area (Å²) in [6, 6.07) is 0. The highest BCUT2D eigenvalue weighted by Crippen LogP contribution is 2.15. The third kappa shape index (κ3) is 11.7. The van der Waals surface area contributed by atoms with Gasteiger partial charge in [-0.1, -0.05) is 64.9 Å². The van der Waals surface area contributed by atoms with E-state index in [1.54, 1.807) is 12.3 Å². The van der Waals surface area contributed by atoms with Gasteiger partial charge in [-0.25, -0.2) is 0 Å². The lowest BCUT2D eigenvalue weighted by molar-refractivity contribution is 0.356. The minimum atomic E-state index is 0.0989. The van der Waals surface area contributed by atoms with Crippen molar-refractivity contribution in [3.05, 3.63) is 12.7 Å². The lowest BCUT2D eigenvalue weighted by Gasteiger charge is -2.24. The molecule has 106 valence electrons. The molecule has 0 spiro atoms. The number of hydrogen-bond donors (Lipinski definition) is 1. The lowest BCUT2D eigenvalue weighted by atomic mass is 9.97. The van der Waals surface area contributed by atoms with E-state index >= 15 is 0 Å². The van der Waals surface area contributed by atoms with E-state index in [1.807, 2.05) is 0 Å². The lowest BCUT2D eigenvalue weighted by Crippen LogP contribution is -2.35. The van der Waals surface area contributed by atoms with E-state index in [4.69, 9.17) is 0 Å². The maximum absolute atomic E-state index is 4.12. The first kappa shape index (κ1) is 17.2. The number of allylic oxidation sites excluding steroid dienone is 1. The third-order valence-corrected chi connectivity index (χ3v) is 3.20. The molecule has 0 aromatic rings. The molecule has 0 fully saturated rings. The van der Waals surface area contributed by atoms with Crippen molar-refractivity contribution >= 4 is 6.21 Å². The highest BCUT2D eigenvalue weighted by atomic mass is 15.3. The van der Waals surface area contributed by atoms with Crippen LogP contribution in [0.4, 0.5) is 0 Å². The van der Waals surface area contributed by atoms with Crippen LogP contribution < -0.4 is 5.43 Å². The van der Waals surface area contributed by atoms with Crippen LogP contribution in [0.25, 0.3) is 0 Å². The molecule has 18 heavy (non-hydrogen) atoms. The van der Waals surface area contributed by atoms with Gasteiger partial charge in [0.25, 0.3) is 0 Å². The van der Waals surface area contributed by atoms with E-state index in [1.165, 1.54) is 57.8 Å². The quantitative estimate of drug-likeness (QED) is 0.293. The fourth-order valence-electron chi connectivity index (χ4n) is 2.02. The molecular weight excluding hydrogens is 220 g/mol. The molecule has 0 saturated carbocycles. The van der Waals surface area contributed by atoms with Gasteiger partial charge in [-0.3, -0.25) is 0 Å². The second-order valence-electron chi connectivity index (χ2n) is 5.73. The van der Waals surface area contributed by atoms with Gasteiger partial charge in [-0.15, -0.1) is 0 Å². The van der Waals surface area contributed by atoms with Crippen LogP contribution in [0.15, 0.2) is 17.8 Å². The summed E-state index contributed by atoms with van der Waals surface area (Å²) in [6.07, 6.45) is 15.6. The Morgan fingerprint density at radius 1 is 1.00 bits per heavy atom. The molecule has 0 saturated heterocycles. The molecule has 0 aliphatic rings. The minimum Gasteiger partial charge on any atom is -0.305 e. The van der Waals surface area contributed by atoms with Gasteiger partial charge in [0.15, 0.2) is 0 Å². The molecule has 0 amide bonds. The minimum absolute atomic E-state index is 0.0989. The Hall–Kier alpha value is -0.790. The fourth-order valence-corrected chi connectivity index (χ4v) is 2.02. The standard InChI is InChI=1S/C16H32N2/c1-5-7-8-9-10-11-12-13-14-16(3,4)18-17-15-6-2/h6,15,18H,2,5,7-14H2,1,3-4H3. The molecule has 0 rings (SSSR count). The zero-order valence-corrected chi connectivity index (χ0v) is 12.7. The predicted molar refractivity (Wildman–Crippen MR) is 83.1 cm³/mol. The Labute approximate surface area is 114 Å². The van der Waals surface area contributed by atoms with Crippen molar-refractivity contribution in [3.8, 4) is 0 Å². The van der Waals surface area contributed by atoms with Gasteiger partial charge in [-0.2, -0.15) is 5.10 Å². The Morgan fingerprint density at radius 2 is 1.56 bits per heavy atom. The van der Waals surface area contributed by atoms with Crippen LogP contribution in [-0.2, 0) is 0 Å². The van der Waals surface area contributed by atoms with E-state index < -0.39 is 0 Å². The molecule has 0 bridgehead atoms. The number of nitrogens with one attached hydrogen (secondary N) is 1. The summed E-state index contributed by atoms with van der Waals surface area (Å²) in [7, 11) is 0. The van der Waals surface area contributed by atoms with Crippen molar-refractivity contribution in [1.29, 1.82) is 0 Å². The highest BCUT2D eigenvalue weighted by Gasteiger charge is 2.14. The Kier molecular flexibility index (Phi) is 10.8. The van der Waals surface area contributed by atoms with Crippen LogP contribution in [0.2, 0.25) is 0 Å². The maximum Gasteiger partial charge on any atom is 0.0492 e. The largest absolute Gasteiger partial charge is 0.305 e. The van der Waals surface area contributed by atoms with E-state index in [9.17, 15) is 0 Å². The van der Waals surface area contributed by atoms with Crippen LogP contribution >= 0.6 is 0 Å². The molecular formula is C16H32N2. The summed E-state index contributed by atoms with van der Waals surface area (Å²) in [5.41, 5.74) is 3.28. The Bertz CT molecular complexity index is 219. The molecule has 0 aliphatic carbocycles. The zero-order chi connectivity index (χ0) is 13.7. The molecule has 2 nitrogen and oxygen atoms in total. The average Bonchev–Trinajstić information content (AvgIpc) is 2.33. The number of hydrogen-bond acceptors (Lipinski definition) is 2. The van der Waals surface area contributed by atoms with E-state index in [0.717, 1.165) is 0 Å². The number of hydrazone groups is 1. The first-order valence-electron chi connectivity index (χ1n) is 7.53. The molecule has 0 aromatic carbocycles. The van der Waals surface area contributed by atoms with E-state index in [0.29, 0.717) is 0 Å². The van der Waals surface area contributed by atoms with E-state index in [2.05, 4.69) is 37.9 Å². The molecule has 0 aromatic heterocycles. The molecule has 1 N–H and O–H groups in total. The second-order valence-corrected chi connectivity index (χ2v) is 5.73.